The van der Waals surface area contributed by atoms with E-state index in [1.807, 2.05) is 13.8 Å². The Morgan fingerprint density at radius 1 is 1.27 bits per heavy atom. The van der Waals surface area contributed by atoms with E-state index < -0.39 is 0 Å². The van der Waals surface area contributed by atoms with Gasteiger partial charge in [0.15, 0.2) is 5.78 Å². The number of allylic oxidation sites excluding steroid dienone is 2. The van der Waals surface area contributed by atoms with Gasteiger partial charge in [-0.2, -0.15) is 0 Å². The van der Waals surface area contributed by atoms with Gasteiger partial charge in [-0.05, 0) is 26.0 Å². The van der Waals surface area contributed by atoms with Gasteiger partial charge in [0, 0.05) is 13.2 Å². The van der Waals surface area contributed by atoms with E-state index >= 15 is 0 Å². The topological polar surface area (TPSA) is 26.3 Å². The average molecular weight is 156 g/mol. The Labute approximate surface area is 68.6 Å². The molecule has 0 saturated carbocycles. The second-order valence-corrected chi connectivity index (χ2v) is 1.59. The van der Waals surface area contributed by atoms with Gasteiger partial charge in [0.1, 0.15) is 0 Å². The van der Waals surface area contributed by atoms with E-state index in [-0.39, 0.29) is 5.78 Å². The molecule has 0 fully saturated rings. The number of rotatable bonds is 4. The predicted octanol–water partition coefficient (Wildman–Crippen LogP) is 1.97. The molecule has 0 aliphatic rings. The first kappa shape index (κ1) is 12.8. The second-order valence-electron chi connectivity index (χ2n) is 1.59. The zero-order valence-electron chi connectivity index (χ0n) is 7.30. The minimum absolute atomic E-state index is 0.130. The van der Waals surface area contributed by atoms with Gasteiger partial charge in [-0.15, -0.1) is 0 Å². The number of hydrogen-bond acceptors (Lipinski definition) is 2. The van der Waals surface area contributed by atoms with Crippen molar-refractivity contribution in [2.45, 2.75) is 13.8 Å². The summed E-state index contributed by atoms with van der Waals surface area (Å²) >= 11 is 0. The van der Waals surface area contributed by atoms with Gasteiger partial charge in [-0.3, -0.25) is 4.79 Å². The summed E-state index contributed by atoms with van der Waals surface area (Å²) in [5.74, 6) is -0.130. The molecule has 11 heavy (non-hydrogen) atoms. The number of carbonyl (C=O) groups is 1. The first-order valence-corrected chi connectivity index (χ1v) is 3.59. The third-order valence-corrected chi connectivity index (χ3v) is 0.811. The van der Waals surface area contributed by atoms with Crippen LogP contribution in [0.4, 0.5) is 0 Å². The lowest BCUT2D eigenvalue weighted by atomic mass is 10.4. The van der Waals surface area contributed by atoms with Crippen LogP contribution in [0, 0.1) is 0 Å². The summed E-state index contributed by atoms with van der Waals surface area (Å²) in [7, 11) is 0. The number of ketones is 1. The summed E-state index contributed by atoms with van der Waals surface area (Å²) in [5.41, 5.74) is 0. The fourth-order valence-corrected chi connectivity index (χ4v) is 0.287. The Balaban J connectivity index is 0. The minimum Gasteiger partial charge on any atom is -0.382 e. The monoisotopic (exact) mass is 156 g/mol. The van der Waals surface area contributed by atoms with Crippen LogP contribution >= 0.6 is 0 Å². The summed E-state index contributed by atoms with van der Waals surface area (Å²) in [6, 6.07) is 0. The maximum Gasteiger partial charge on any atom is 0.177 e. The normalized spacial score (nSPS) is 7.45. The molecule has 0 saturated heterocycles. The van der Waals surface area contributed by atoms with E-state index in [4.69, 9.17) is 4.74 Å². The van der Waals surface area contributed by atoms with Gasteiger partial charge >= 0.3 is 0 Å². The molecule has 0 atom stereocenters. The SMILES string of the molecule is C=CC(=O)C=C.CCOCC. The van der Waals surface area contributed by atoms with E-state index in [1.165, 1.54) is 12.2 Å². The molecule has 64 valence electrons. The number of ether oxygens (including phenoxy) is 1. The molecule has 0 aromatic heterocycles. The summed E-state index contributed by atoms with van der Waals surface area (Å²) in [6.07, 6.45) is 2.43. The zero-order chi connectivity index (χ0) is 9.11. The van der Waals surface area contributed by atoms with Gasteiger partial charge < -0.3 is 4.74 Å². The van der Waals surface area contributed by atoms with Crippen LogP contribution in [0.2, 0.25) is 0 Å². The summed E-state index contributed by atoms with van der Waals surface area (Å²) in [4.78, 5) is 9.94. The molecule has 0 aromatic carbocycles. The number of hydrogen-bond donors (Lipinski definition) is 0. The van der Waals surface area contributed by atoms with Crippen LogP contribution in [0.1, 0.15) is 13.8 Å². The van der Waals surface area contributed by atoms with Crippen molar-refractivity contribution in [1.29, 1.82) is 0 Å². The lowest BCUT2D eigenvalue weighted by Gasteiger charge is -1.86. The molecular formula is C9H16O2. The highest BCUT2D eigenvalue weighted by molar-refractivity contribution is 5.98. The average Bonchev–Trinajstić information content (AvgIpc) is 2.06. The van der Waals surface area contributed by atoms with Crippen LogP contribution in [0.25, 0.3) is 0 Å². The van der Waals surface area contributed by atoms with Crippen molar-refractivity contribution in [2.75, 3.05) is 13.2 Å². The van der Waals surface area contributed by atoms with Crippen molar-refractivity contribution in [3.63, 3.8) is 0 Å². The standard InChI is InChI=1S/C5H6O.C4H10O/c1-3-5(6)4-2;1-3-5-4-2/h3-4H,1-2H2;3-4H2,1-2H3. The number of carbonyl (C=O) groups excluding carboxylic acids is 1. The molecule has 0 amide bonds. The highest BCUT2D eigenvalue weighted by atomic mass is 16.5. The smallest absolute Gasteiger partial charge is 0.177 e. The Morgan fingerprint density at radius 3 is 1.64 bits per heavy atom. The molecule has 0 spiro atoms. The van der Waals surface area contributed by atoms with E-state index in [2.05, 4.69) is 13.2 Å². The molecule has 0 aliphatic carbocycles. The fourth-order valence-electron chi connectivity index (χ4n) is 0.287. The highest BCUT2D eigenvalue weighted by Gasteiger charge is 1.75. The molecule has 2 nitrogen and oxygen atoms in total. The summed E-state index contributed by atoms with van der Waals surface area (Å²) in [6.45, 7) is 12.1. The second kappa shape index (κ2) is 11.9. The van der Waals surface area contributed by atoms with Crippen LogP contribution in [-0.2, 0) is 9.53 Å². The van der Waals surface area contributed by atoms with Crippen LogP contribution in [0.3, 0.4) is 0 Å². The molecule has 0 bridgehead atoms. The van der Waals surface area contributed by atoms with Gasteiger partial charge in [0.25, 0.3) is 0 Å². The fraction of sp³-hybridized carbons (Fsp3) is 0.444. The predicted molar refractivity (Wildman–Crippen MR) is 47.6 cm³/mol. The summed E-state index contributed by atoms with van der Waals surface area (Å²) in [5, 5.41) is 0. The Morgan fingerprint density at radius 2 is 1.64 bits per heavy atom. The maximum atomic E-state index is 9.94. The lowest BCUT2D eigenvalue weighted by Crippen LogP contribution is -1.84. The molecule has 2 heteroatoms. The minimum atomic E-state index is -0.130. The molecule has 0 rings (SSSR count). The third kappa shape index (κ3) is 17.6. The molecule has 0 aliphatic heterocycles. The van der Waals surface area contributed by atoms with E-state index in [0.29, 0.717) is 0 Å². The van der Waals surface area contributed by atoms with E-state index in [0.717, 1.165) is 13.2 Å². The van der Waals surface area contributed by atoms with Gasteiger partial charge in [0.05, 0.1) is 0 Å². The van der Waals surface area contributed by atoms with Crippen LogP contribution in [0.15, 0.2) is 25.3 Å². The van der Waals surface area contributed by atoms with E-state index in [9.17, 15) is 4.79 Å². The quantitative estimate of drug-likeness (QED) is 0.582. The molecule has 0 heterocycles. The Bertz CT molecular complexity index is 105. The van der Waals surface area contributed by atoms with Crippen molar-refractivity contribution in [1.82, 2.24) is 0 Å². The molecule has 0 N–H and O–H groups in total. The van der Waals surface area contributed by atoms with Crippen molar-refractivity contribution in [2.24, 2.45) is 0 Å². The zero-order valence-corrected chi connectivity index (χ0v) is 7.30. The van der Waals surface area contributed by atoms with Gasteiger partial charge in [0.2, 0.25) is 0 Å². The van der Waals surface area contributed by atoms with Crippen LogP contribution < -0.4 is 0 Å². The Kier molecular flexibility index (Phi) is 13.7. The molecule has 0 unspecified atom stereocenters. The van der Waals surface area contributed by atoms with Crippen molar-refractivity contribution in [3.05, 3.63) is 25.3 Å². The lowest BCUT2D eigenvalue weighted by molar-refractivity contribution is -0.110. The van der Waals surface area contributed by atoms with Crippen molar-refractivity contribution < 1.29 is 9.53 Å². The van der Waals surface area contributed by atoms with E-state index in [1.54, 1.807) is 0 Å². The van der Waals surface area contributed by atoms with Crippen molar-refractivity contribution >= 4 is 5.78 Å². The Hall–Kier alpha value is -0.890. The maximum absolute atomic E-state index is 9.94. The third-order valence-electron chi connectivity index (χ3n) is 0.811. The van der Waals surface area contributed by atoms with Crippen molar-refractivity contribution in [3.8, 4) is 0 Å². The first-order chi connectivity index (χ1) is 5.22. The molecular weight excluding hydrogens is 140 g/mol. The largest absolute Gasteiger partial charge is 0.382 e. The van der Waals surface area contributed by atoms with Gasteiger partial charge in [-0.25, -0.2) is 0 Å². The first-order valence-electron chi connectivity index (χ1n) is 3.59. The highest BCUT2D eigenvalue weighted by Crippen LogP contribution is 1.68. The molecule has 0 aromatic rings. The molecule has 0 radical (unpaired) electrons. The van der Waals surface area contributed by atoms with Crippen LogP contribution in [0.5, 0.6) is 0 Å². The summed E-state index contributed by atoms with van der Waals surface area (Å²) < 4.78 is 4.83. The van der Waals surface area contributed by atoms with Crippen LogP contribution in [-0.4, -0.2) is 19.0 Å². The van der Waals surface area contributed by atoms with Gasteiger partial charge in [-0.1, -0.05) is 13.2 Å².